The third-order valence-corrected chi connectivity index (χ3v) is 16.1. The fourth-order valence-electron chi connectivity index (χ4n) is 6.81. The first-order chi connectivity index (χ1) is 26.5. The lowest BCUT2D eigenvalue weighted by Gasteiger charge is -2.24. The van der Waals surface area contributed by atoms with Gasteiger partial charge in [0, 0.05) is 26.4 Å². The van der Waals surface area contributed by atoms with Crippen LogP contribution < -0.4 is 21.2 Å². The summed E-state index contributed by atoms with van der Waals surface area (Å²) < 4.78 is 0. The molecule has 0 saturated carbocycles. The fourth-order valence-corrected chi connectivity index (χ4v) is 12.4. The number of benzene rings is 8. The normalized spacial score (nSPS) is 10.9. The van der Waals surface area contributed by atoms with E-state index >= 15 is 0 Å². The largest absolute Gasteiger partial charge is 0.309 e. The maximum atomic E-state index is 9.47. The van der Waals surface area contributed by atoms with E-state index in [4.69, 9.17) is 0 Å². The summed E-state index contributed by atoms with van der Waals surface area (Å²) in [6.07, 6.45) is 1.49. The minimum absolute atomic E-state index is 0. The fraction of sp³-hybridized carbons (Fsp3) is 0.0400. The highest BCUT2D eigenvalue weighted by Crippen LogP contribution is 2.49. The lowest BCUT2D eigenvalue weighted by atomic mass is 10.0. The average molecular weight is 808 g/mol. The first-order valence-corrected chi connectivity index (χ1v) is 22.2. The van der Waals surface area contributed by atoms with Crippen LogP contribution in [0.3, 0.4) is 0 Å². The molecule has 0 aromatic heterocycles. The molecule has 280 valence electrons. The molecule has 2 nitrogen and oxygen atoms in total. The molecule has 0 saturated heterocycles. The standard InChI is InChI=1S/2C25H22NP.2ClH/c2*26-27(24-12-6-2-7-13-24,25-14-8-3-9-15-25)20-21-16-18-23(19-17-21)22-10-4-1-5-11-22;;/h2*1-19,26H,20H2;2*1H. The Hall–Kier alpha value is -5.20. The summed E-state index contributed by atoms with van der Waals surface area (Å²) in [7, 11) is -4.47. The van der Waals surface area contributed by atoms with Crippen LogP contribution in [0, 0.1) is 10.3 Å². The second-order valence-electron chi connectivity index (χ2n) is 13.4. The summed E-state index contributed by atoms with van der Waals surface area (Å²) in [5.41, 5.74) is 7.31. The van der Waals surface area contributed by atoms with Crippen molar-refractivity contribution in [3.8, 4) is 22.3 Å². The molecule has 0 unspecified atom stereocenters. The van der Waals surface area contributed by atoms with Crippen molar-refractivity contribution in [2.45, 2.75) is 12.3 Å². The van der Waals surface area contributed by atoms with Gasteiger partial charge in [-0.25, -0.2) is 0 Å². The van der Waals surface area contributed by atoms with Gasteiger partial charge in [0.05, 0.1) is 0 Å². The maximum Gasteiger partial charge on any atom is 0.0279 e. The molecule has 0 aliphatic rings. The van der Waals surface area contributed by atoms with Crippen molar-refractivity contribution in [3.63, 3.8) is 0 Å². The van der Waals surface area contributed by atoms with E-state index in [-0.39, 0.29) is 24.8 Å². The SMILES string of the molecule is Cl.Cl.N=P(Cc1ccc(-c2ccccc2)cc1)(c1ccccc1)c1ccccc1.N=P(Cc1ccc(-c2ccccc2)cc1)(c1ccccc1)c1ccccc1. The highest BCUT2D eigenvalue weighted by Gasteiger charge is 2.24. The minimum Gasteiger partial charge on any atom is -0.309 e. The molecular weight excluding hydrogens is 761 g/mol. The van der Waals surface area contributed by atoms with E-state index in [0.717, 1.165) is 33.5 Å². The van der Waals surface area contributed by atoms with Gasteiger partial charge in [0.15, 0.2) is 0 Å². The summed E-state index contributed by atoms with van der Waals surface area (Å²) in [5.74, 6) is 0. The molecule has 56 heavy (non-hydrogen) atoms. The van der Waals surface area contributed by atoms with E-state index in [1.54, 1.807) is 0 Å². The summed E-state index contributed by atoms with van der Waals surface area (Å²) in [4.78, 5) is 0. The Labute approximate surface area is 344 Å². The summed E-state index contributed by atoms with van der Waals surface area (Å²) >= 11 is 0. The van der Waals surface area contributed by atoms with Gasteiger partial charge in [-0.1, -0.05) is 231 Å². The quantitative estimate of drug-likeness (QED) is 0.129. The van der Waals surface area contributed by atoms with Gasteiger partial charge in [0.1, 0.15) is 0 Å². The van der Waals surface area contributed by atoms with Crippen molar-refractivity contribution >= 4 is 60.1 Å². The summed E-state index contributed by atoms with van der Waals surface area (Å²) in [5, 5.41) is 23.5. The molecule has 0 heterocycles. The van der Waals surface area contributed by atoms with Gasteiger partial charge in [-0.15, -0.1) is 24.8 Å². The van der Waals surface area contributed by atoms with Gasteiger partial charge in [0.25, 0.3) is 0 Å². The van der Waals surface area contributed by atoms with Crippen LogP contribution in [0.4, 0.5) is 0 Å². The van der Waals surface area contributed by atoms with E-state index < -0.39 is 14.1 Å². The van der Waals surface area contributed by atoms with Crippen molar-refractivity contribution < 1.29 is 0 Å². The molecule has 2 N–H and O–H groups in total. The van der Waals surface area contributed by atoms with Gasteiger partial charge in [-0.3, -0.25) is 0 Å². The Kier molecular flexibility index (Phi) is 15.1. The van der Waals surface area contributed by atoms with Crippen LogP contribution in [0.25, 0.3) is 22.3 Å². The third kappa shape index (κ3) is 10.2. The molecule has 0 aliphatic heterocycles. The van der Waals surface area contributed by atoms with Crippen LogP contribution >= 0.6 is 38.9 Å². The first-order valence-electron chi connectivity index (χ1n) is 18.3. The summed E-state index contributed by atoms with van der Waals surface area (Å²) in [6, 6.07) is 79.5. The van der Waals surface area contributed by atoms with Crippen molar-refractivity contribution in [1.29, 1.82) is 10.3 Å². The zero-order chi connectivity index (χ0) is 37.1. The Morgan fingerprint density at radius 3 is 0.679 bits per heavy atom. The lowest BCUT2D eigenvalue weighted by molar-refractivity contribution is 1.36. The van der Waals surface area contributed by atoms with Crippen LogP contribution in [0.5, 0.6) is 0 Å². The maximum absolute atomic E-state index is 9.47. The molecule has 8 aromatic carbocycles. The number of hydrogen-bond acceptors (Lipinski definition) is 2. The average Bonchev–Trinajstić information content (AvgIpc) is 3.26. The molecule has 0 amide bonds. The third-order valence-electron chi connectivity index (χ3n) is 9.75. The van der Waals surface area contributed by atoms with Crippen molar-refractivity contribution in [2.75, 3.05) is 0 Å². The molecule has 0 aliphatic carbocycles. The van der Waals surface area contributed by atoms with E-state index in [2.05, 4.69) is 146 Å². The molecule has 8 rings (SSSR count). The smallest absolute Gasteiger partial charge is 0.0279 e. The summed E-state index contributed by atoms with van der Waals surface area (Å²) in [6.45, 7) is 0. The van der Waals surface area contributed by atoms with Gasteiger partial charge in [-0.05, 0) is 54.6 Å². The highest BCUT2D eigenvalue weighted by atomic mass is 35.5. The first kappa shape index (κ1) is 42.0. The molecule has 0 bridgehead atoms. The molecular formula is C50H46Cl2N2P2. The van der Waals surface area contributed by atoms with Crippen LogP contribution in [0.1, 0.15) is 11.1 Å². The van der Waals surface area contributed by atoms with Crippen LogP contribution in [0.2, 0.25) is 0 Å². The van der Waals surface area contributed by atoms with E-state index in [1.165, 1.54) is 33.4 Å². The minimum atomic E-state index is -2.23. The van der Waals surface area contributed by atoms with Crippen LogP contribution in [-0.2, 0) is 12.3 Å². The Bertz CT molecular complexity index is 2180. The van der Waals surface area contributed by atoms with Crippen LogP contribution in [0.15, 0.2) is 231 Å². The van der Waals surface area contributed by atoms with Crippen molar-refractivity contribution in [1.82, 2.24) is 0 Å². The second kappa shape index (κ2) is 20.1. The number of nitrogens with one attached hydrogen (secondary N) is 2. The van der Waals surface area contributed by atoms with E-state index in [9.17, 15) is 10.3 Å². The van der Waals surface area contributed by atoms with Crippen molar-refractivity contribution in [2.24, 2.45) is 0 Å². The van der Waals surface area contributed by atoms with Crippen molar-refractivity contribution in [3.05, 3.63) is 242 Å². The topological polar surface area (TPSA) is 47.7 Å². The van der Waals surface area contributed by atoms with Gasteiger partial charge in [-0.2, -0.15) is 0 Å². The predicted octanol–water partition coefficient (Wildman–Crippen LogP) is 13.4. The second-order valence-corrected chi connectivity index (χ2v) is 19.3. The molecule has 8 aromatic rings. The Morgan fingerprint density at radius 1 is 0.250 bits per heavy atom. The van der Waals surface area contributed by atoms with Gasteiger partial charge >= 0.3 is 0 Å². The zero-order valence-electron chi connectivity index (χ0n) is 31.1. The molecule has 6 heteroatoms. The highest BCUT2D eigenvalue weighted by molar-refractivity contribution is 7.79. The zero-order valence-corrected chi connectivity index (χ0v) is 34.5. The number of halogens is 2. The Balaban J connectivity index is 0.000000207. The molecule has 0 atom stereocenters. The number of rotatable bonds is 10. The molecule has 0 radical (unpaired) electrons. The van der Waals surface area contributed by atoms with E-state index in [0.29, 0.717) is 0 Å². The van der Waals surface area contributed by atoms with E-state index in [1.807, 2.05) is 84.9 Å². The molecule has 0 spiro atoms. The monoisotopic (exact) mass is 806 g/mol. The van der Waals surface area contributed by atoms with Gasteiger partial charge < -0.3 is 10.3 Å². The number of hydrogen-bond donors (Lipinski definition) is 2. The Morgan fingerprint density at radius 2 is 0.446 bits per heavy atom. The molecule has 0 fully saturated rings. The van der Waals surface area contributed by atoms with Crippen LogP contribution in [-0.4, -0.2) is 0 Å². The van der Waals surface area contributed by atoms with Gasteiger partial charge in [0.2, 0.25) is 0 Å². The lowest BCUT2D eigenvalue weighted by Crippen LogP contribution is -2.17. The predicted molar refractivity (Wildman–Crippen MR) is 249 cm³/mol.